The molecule has 20 heavy (non-hydrogen) atoms. The van der Waals surface area contributed by atoms with Gasteiger partial charge < -0.3 is 9.84 Å². The molecule has 4 fully saturated rings. The van der Waals surface area contributed by atoms with Crippen molar-refractivity contribution in [3.63, 3.8) is 0 Å². The fraction of sp³-hybridized carbons (Fsp3) is 0.588. The summed E-state index contributed by atoms with van der Waals surface area (Å²) in [5, 5.41) is 10.2. The molecule has 3 heteroatoms. The number of carbonyl (C=O) groups excluding carboxylic acids is 1. The lowest BCUT2D eigenvalue weighted by Crippen LogP contribution is -2.47. The van der Waals surface area contributed by atoms with E-state index in [4.69, 9.17) is 4.74 Å². The highest BCUT2D eigenvalue weighted by Crippen LogP contribution is 2.70. The number of esters is 1. The molecular formula is C17H20O3. The van der Waals surface area contributed by atoms with Crippen LogP contribution in [0.15, 0.2) is 30.3 Å². The van der Waals surface area contributed by atoms with Gasteiger partial charge in [0.25, 0.3) is 0 Å². The molecule has 2 bridgehead atoms. The molecule has 1 aromatic carbocycles. The lowest BCUT2D eigenvalue weighted by Gasteiger charge is -2.45. The lowest BCUT2D eigenvalue weighted by atomic mass is 9.63. The Morgan fingerprint density at radius 1 is 1.35 bits per heavy atom. The largest absolute Gasteiger partial charge is 0.461 e. The van der Waals surface area contributed by atoms with E-state index in [0.717, 1.165) is 31.2 Å². The standard InChI is InChI=1S/C17H20O3/c18-15-12-6-7-17(15,9-12)14-8-13(14)16(19)20-10-11-4-2-1-3-5-11/h1-5,12-15,18H,6-10H2/t12-,13-,14-,15?,17+/m1/s1. The summed E-state index contributed by atoms with van der Waals surface area (Å²) in [6.45, 7) is 0.362. The molecular weight excluding hydrogens is 252 g/mol. The average Bonchev–Trinajstić information content (AvgIpc) is 3.06. The third kappa shape index (κ3) is 1.72. The molecule has 106 valence electrons. The van der Waals surface area contributed by atoms with Crippen LogP contribution in [0.4, 0.5) is 0 Å². The van der Waals surface area contributed by atoms with Crippen molar-refractivity contribution in [1.82, 2.24) is 0 Å². The predicted molar refractivity (Wildman–Crippen MR) is 73.6 cm³/mol. The highest BCUT2D eigenvalue weighted by atomic mass is 16.5. The summed E-state index contributed by atoms with van der Waals surface area (Å²) in [7, 11) is 0. The number of ether oxygens (including phenoxy) is 1. The van der Waals surface area contributed by atoms with Gasteiger partial charge in [-0.2, -0.15) is 0 Å². The summed E-state index contributed by atoms with van der Waals surface area (Å²) in [5.74, 6) is 0.847. The van der Waals surface area contributed by atoms with Crippen molar-refractivity contribution in [1.29, 1.82) is 0 Å². The van der Waals surface area contributed by atoms with E-state index in [1.165, 1.54) is 0 Å². The quantitative estimate of drug-likeness (QED) is 0.857. The minimum atomic E-state index is -0.153. The lowest BCUT2D eigenvalue weighted by molar-refractivity contribution is -0.149. The fourth-order valence-corrected chi connectivity index (χ4v) is 4.48. The van der Waals surface area contributed by atoms with Gasteiger partial charge >= 0.3 is 5.97 Å². The molecule has 5 atom stereocenters. The Kier molecular flexibility index (Phi) is 2.68. The zero-order valence-corrected chi connectivity index (χ0v) is 11.5. The van der Waals surface area contributed by atoms with Gasteiger partial charge in [-0.05, 0) is 43.1 Å². The second-order valence-corrected chi connectivity index (χ2v) is 6.72. The van der Waals surface area contributed by atoms with Crippen molar-refractivity contribution in [2.45, 2.75) is 38.4 Å². The molecule has 4 saturated carbocycles. The topological polar surface area (TPSA) is 46.5 Å². The van der Waals surface area contributed by atoms with E-state index < -0.39 is 0 Å². The molecule has 0 aliphatic heterocycles. The van der Waals surface area contributed by atoms with E-state index in [1.54, 1.807) is 0 Å². The van der Waals surface area contributed by atoms with Crippen molar-refractivity contribution < 1.29 is 14.6 Å². The monoisotopic (exact) mass is 272 g/mol. The molecule has 0 saturated heterocycles. The van der Waals surface area contributed by atoms with E-state index in [2.05, 4.69) is 0 Å². The van der Waals surface area contributed by atoms with Crippen molar-refractivity contribution in [2.24, 2.45) is 23.2 Å². The Balaban J connectivity index is 1.33. The van der Waals surface area contributed by atoms with Gasteiger partial charge in [0.1, 0.15) is 6.61 Å². The Labute approximate surface area is 118 Å². The fourth-order valence-electron chi connectivity index (χ4n) is 4.48. The van der Waals surface area contributed by atoms with E-state index in [0.29, 0.717) is 18.4 Å². The molecule has 3 nitrogen and oxygen atoms in total. The van der Waals surface area contributed by atoms with Gasteiger partial charge in [-0.3, -0.25) is 4.79 Å². The van der Waals surface area contributed by atoms with Crippen LogP contribution >= 0.6 is 0 Å². The van der Waals surface area contributed by atoms with Gasteiger partial charge in [0.05, 0.1) is 12.0 Å². The van der Waals surface area contributed by atoms with Crippen LogP contribution in [0.25, 0.3) is 0 Å². The summed E-state index contributed by atoms with van der Waals surface area (Å²) >= 11 is 0. The molecule has 0 heterocycles. The zero-order chi connectivity index (χ0) is 13.7. The Morgan fingerprint density at radius 2 is 2.15 bits per heavy atom. The second kappa shape index (κ2) is 4.32. The van der Waals surface area contributed by atoms with Crippen LogP contribution in [0.2, 0.25) is 0 Å². The maximum Gasteiger partial charge on any atom is 0.309 e. The SMILES string of the molecule is O=C(OCc1ccccc1)[C@@H]1C[C@H]1[C@]12CC[C@H](C1)C2O. The van der Waals surface area contributed by atoms with Crippen molar-refractivity contribution in [2.75, 3.05) is 0 Å². The molecule has 0 amide bonds. The van der Waals surface area contributed by atoms with Gasteiger partial charge in [-0.15, -0.1) is 0 Å². The number of aliphatic hydroxyl groups is 1. The maximum absolute atomic E-state index is 12.1. The molecule has 1 aromatic rings. The number of hydrogen-bond acceptors (Lipinski definition) is 3. The van der Waals surface area contributed by atoms with Gasteiger partial charge in [-0.25, -0.2) is 0 Å². The van der Waals surface area contributed by atoms with Crippen molar-refractivity contribution in [3.8, 4) is 0 Å². The number of hydrogen-bond donors (Lipinski definition) is 1. The summed E-state index contributed by atoms with van der Waals surface area (Å²) < 4.78 is 5.42. The minimum absolute atomic E-state index is 0.0346. The van der Waals surface area contributed by atoms with Gasteiger partial charge in [0, 0.05) is 5.41 Å². The number of benzene rings is 1. The summed E-state index contributed by atoms with van der Waals surface area (Å²) in [6, 6.07) is 9.79. The minimum Gasteiger partial charge on any atom is -0.461 e. The van der Waals surface area contributed by atoms with E-state index in [1.807, 2.05) is 30.3 Å². The first-order valence-corrected chi connectivity index (χ1v) is 7.59. The number of rotatable bonds is 4. The number of carbonyl (C=O) groups is 1. The molecule has 4 aliphatic rings. The molecule has 5 rings (SSSR count). The first-order valence-electron chi connectivity index (χ1n) is 7.59. The zero-order valence-electron chi connectivity index (χ0n) is 11.5. The third-order valence-corrected chi connectivity index (χ3v) is 5.71. The van der Waals surface area contributed by atoms with Gasteiger partial charge in [0.2, 0.25) is 0 Å². The van der Waals surface area contributed by atoms with Crippen molar-refractivity contribution in [3.05, 3.63) is 35.9 Å². The molecule has 1 N–H and O–H groups in total. The summed E-state index contributed by atoms with van der Waals surface area (Å²) in [4.78, 5) is 12.1. The number of fused-ring (bicyclic) bond motifs is 1. The first-order chi connectivity index (χ1) is 9.71. The maximum atomic E-state index is 12.1. The van der Waals surface area contributed by atoms with Crippen LogP contribution < -0.4 is 0 Å². The molecule has 1 unspecified atom stereocenters. The van der Waals surface area contributed by atoms with Crippen LogP contribution in [-0.4, -0.2) is 17.2 Å². The van der Waals surface area contributed by atoms with E-state index in [9.17, 15) is 9.90 Å². The highest BCUT2D eigenvalue weighted by molar-refractivity contribution is 5.76. The van der Waals surface area contributed by atoms with Crippen LogP contribution in [0.3, 0.4) is 0 Å². The predicted octanol–water partition coefficient (Wildman–Crippen LogP) is 2.53. The number of aliphatic hydroxyl groups excluding tert-OH is 1. The molecule has 0 radical (unpaired) electrons. The molecule has 0 aromatic heterocycles. The van der Waals surface area contributed by atoms with Crippen LogP contribution in [-0.2, 0) is 16.1 Å². The highest BCUT2D eigenvalue weighted by Gasteiger charge is 2.68. The molecule has 4 aliphatic carbocycles. The van der Waals surface area contributed by atoms with Gasteiger partial charge in [-0.1, -0.05) is 30.3 Å². The van der Waals surface area contributed by atoms with Gasteiger partial charge in [0.15, 0.2) is 0 Å². The van der Waals surface area contributed by atoms with Crippen LogP contribution in [0.1, 0.15) is 31.2 Å². The van der Waals surface area contributed by atoms with Crippen LogP contribution in [0, 0.1) is 23.2 Å². The Hall–Kier alpha value is -1.35. The molecule has 0 spiro atoms. The first kappa shape index (κ1) is 12.4. The Morgan fingerprint density at radius 3 is 2.80 bits per heavy atom. The van der Waals surface area contributed by atoms with Crippen molar-refractivity contribution >= 4 is 5.97 Å². The Bertz CT molecular complexity index is 522. The third-order valence-electron chi connectivity index (χ3n) is 5.71. The average molecular weight is 272 g/mol. The normalized spacial score (nSPS) is 41.0. The smallest absolute Gasteiger partial charge is 0.309 e. The second-order valence-electron chi connectivity index (χ2n) is 6.72. The summed E-state index contributed by atoms with van der Waals surface area (Å²) in [5.41, 5.74) is 1.10. The van der Waals surface area contributed by atoms with E-state index >= 15 is 0 Å². The van der Waals surface area contributed by atoms with E-state index in [-0.39, 0.29) is 23.4 Å². The van der Waals surface area contributed by atoms with Crippen LogP contribution in [0.5, 0.6) is 0 Å². The summed E-state index contributed by atoms with van der Waals surface area (Å²) in [6.07, 6.45) is 4.13.